The molecule has 0 aliphatic carbocycles. The number of nitrogens with one attached hydrogen (secondary N) is 1. The second-order valence-electron chi connectivity index (χ2n) is 5.24. The standard InChI is InChI=1S/C14H20BrNO4S/c1-9(2)7-13(14(17)20-4)16-21(18,19)11-5-6-12(15)10(3)8-11/h5-6,8-9,13,16H,7H2,1-4H3. The lowest BCUT2D eigenvalue weighted by Gasteiger charge is -2.18. The van der Waals surface area contributed by atoms with E-state index < -0.39 is 22.0 Å². The number of methoxy groups -OCH3 is 1. The average Bonchev–Trinajstić information content (AvgIpc) is 2.39. The predicted octanol–water partition coefficient (Wildman–Crippen LogP) is 2.62. The first-order valence-corrected chi connectivity index (χ1v) is 8.81. The van der Waals surface area contributed by atoms with E-state index in [1.54, 1.807) is 19.1 Å². The number of halogens is 1. The summed E-state index contributed by atoms with van der Waals surface area (Å²) in [6.07, 6.45) is 0.376. The van der Waals surface area contributed by atoms with E-state index in [-0.39, 0.29) is 10.8 Å². The van der Waals surface area contributed by atoms with Crippen LogP contribution in [0.15, 0.2) is 27.6 Å². The van der Waals surface area contributed by atoms with Crippen molar-refractivity contribution in [2.75, 3.05) is 7.11 Å². The lowest BCUT2D eigenvalue weighted by molar-refractivity contribution is -0.143. The minimum Gasteiger partial charge on any atom is -0.468 e. The van der Waals surface area contributed by atoms with Gasteiger partial charge in [-0.3, -0.25) is 4.79 Å². The van der Waals surface area contributed by atoms with Gasteiger partial charge in [0.15, 0.2) is 0 Å². The summed E-state index contributed by atoms with van der Waals surface area (Å²) in [6.45, 7) is 5.62. The molecule has 5 nitrogen and oxygen atoms in total. The van der Waals surface area contributed by atoms with Crippen molar-refractivity contribution in [3.63, 3.8) is 0 Å². The van der Waals surface area contributed by atoms with Crippen molar-refractivity contribution in [3.05, 3.63) is 28.2 Å². The van der Waals surface area contributed by atoms with Crippen LogP contribution in [0.25, 0.3) is 0 Å². The molecular weight excluding hydrogens is 358 g/mol. The van der Waals surface area contributed by atoms with Gasteiger partial charge >= 0.3 is 5.97 Å². The Morgan fingerprint density at radius 1 is 1.38 bits per heavy atom. The molecule has 7 heteroatoms. The third kappa shape index (κ3) is 5.09. The fourth-order valence-electron chi connectivity index (χ4n) is 1.85. The van der Waals surface area contributed by atoms with Gasteiger partial charge in [0.1, 0.15) is 6.04 Å². The molecule has 0 fully saturated rings. The molecule has 1 unspecified atom stereocenters. The Morgan fingerprint density at radius 2 is 2.00 bits per heavy atom. The highest BCUT2D eigenvalue weighted by atomic mass is 79.9. The highest BCUT2D eigenvalue weighted by Gasteiger charge is 2.27. The number of benzene rings is 1. The summed E-state index contributed by atoms with van der Waals surface area (Å²) in [5.74, 6) is -0.426. The Bertz CT molecular complexity index is 613. The van der Waals surface area contributed by atoms with Crippen LogP contribution in [0.4, 0.5) is 0 Å². The Hall–Kier alpha value is -0.920. The maximum absolute atomic E-state index is 12.4. The van der Waals surface area contributed by atoms with Crippen molar-refractivity contribution in [2.24, 2.45) is 5.92 Å². The molecule has 0 saturated heterocycles. The predicted molar refractivity (Wildman–Crippen MR) is 84.5 cm³/mol. The molecule has 0 saturated carbocycles. The molecular formula is C14H20BrNO4S. The number of esters is 1. The molecule has 1 aromatic carbocycles. The first-order valence-electron chi connectivity index (χ1n) is 6.53. The van der Waals surface area contributed by atoms with Crippen LogP contribution in [-0.2, 0) is 19.6 Å². The van der Waals surface area contributed by atoms with Crippen LogP contribution in [0.3, 0.4) is 0 Å². The van der Waals surface area contributed by atoms with E-state index in [1.807, 2.05) is 13.8 Å². The van der Waals surface area contributed by atoms with E-state index in [4.69, 9.17) is 0 Å². The van der Waals surface area contributed by atoms with Gasteiger partial charge in [0.25, 0.3) is 0 Å². The summed E-state index contributed by atoms with van der Waals surface area (Å²) in [5, 5.41) is 0. The molecule has 0 heterocycles. The number of carbonyl (C=O) groups excluding carboxylic acids is 1. The fraction of sp³-hybridized carbons (Fsp3) is 0.500. The van der Waals surface area contributed by atoms with Gasteiger partial charge in [-0.1, -0.05) is 29.8 Å². The molecule has 1 rings (SSSR count). The van der Waals surface area contributed by atoms with Crippen LogP contribution in [0.2, 0.25) is 0 Å². The van der Waals surface area contributed by atoms with E-state index in [0.29, 0.717) is 6.42 Å². The molecule has 0 spiro atoms. The normalized spacial score (nSPS) is 13.2. The van der Waals surface area contributed by atoms with Gasteiger partial charge in [0.05, 0.1) is 12.0 Å². The summed E-state index contributed by atoms with van der Waals surface area (Å²) in [6, 6.07) is 3.82. The Morgan fingerprint density at radius 3 is 2.48 bits per heavy atom. The maximum atomic E-state index is 12.4. The van der Waals surface area contributed by atoms with Crippen molar-refractivity contribution in [2.45, 2.75) is 38.1 Å². The Labute approximate surface area is 134 Å². The molecule has 1 atom stereocenters. The van der Waals surface area contributed by atoms with Gasteiger partial charge in [-0.25, -0.2) is 8.42 Å². The molecule has 21 heavy (non-hydrogen) atoms. The number of ether oxygens (including phenoxy) is 1. The number of sulfonamides is 1. The highest BCUT2D eigenvalue weighted by Crippen LogP contribution is 2.20. The van der Waals surface area contributed by atoms with Gasteiger partial charge in [-0.05, 0) is 43.0 Å². The summed E-state index contributed by atoms with van der Waals surface area (Å²) in [4.78, 5) is 11.8. The minimum absolute atomic E-state index is 0.126. The summed E-state index contributed by atoms with van der Waals surface area (Å²) < 4.78 is 32.7. The van der Waals surface area contributed by atoms with Crippen molar-refractivity contribution in [3.8, 4) is 0 Å². The quantitative estimate of drug-likeness (QED) is 0.773. The second kappa shape index (κ2) is 7.38. The zero-order valence-electron chi connectivity index (χ0n) is 12.5. The molecule has 1 N–H and O–H groups in total. The molecule has 0 aromatic heterocycles. The first-order chi connectivity index (χ1) is 9.67. The van der Waals surface area contributed by atoms with Crippen molar-refractivity contribution < 1.29 is 17.9 Å². The van der Waals surface area contributed by atoms with Crippen molar-refractivity contribution in [1.29, 1.82) is 0 Å². The zero-order chi connectivity index (χ0) is 16.2. The number of aryl methyl sites for hydroxylation is 1. The second-order valence-corrected chi connectivity index (χ2v) is 7.81. The molecule has 1 aromatic rings. The largest absolute Gasteiger partial charge is 0.468 e. The highest BCUT2D eigenvalue weighted by molar-refractivity contribution is 9.10. The number of rotatable bonds is 6. The SMILES string of the molecule is COC(=O)C(CC(C)C)NS(=O)(=O)c1ccc(Br)c(C)c1. The third-order valence-corrected chi connectivity index (χ3v) is 5.29. The molecule has 0 amide bonds. The van der Waals surface area contributed by atoms with Gasteiger partial charge in [0.2, 0.25) is 10.0 Å². The molecule has 0 aliphatic heterocycles. The summed E-state index contributed by atoms with van der Waals surface area (Å²) in [5.41, 5.74) is 0.802. The van der Waals surface area contributed by atoms with Crippen LogP contribution in [0.5, 0.6) is 0 Å². The smallest absolute Gasteiger partial charge is 0.323 e. The van der Waals surface area contributed by atoms with Crippen LogP contribution >= 0.6 is 15.9 Å². The minimum atomic E-state index is -3.77. The maximum Gasteiger partial charge on any atom is 0.323 e. The van der Waals surface area contributed by atoms with Gasteiger partial charge < -0.3 is 4.74 Å². The van der Waals surface area contributed by atoms with E-state index in [0.717, 1.165) is 10.0 Å². The monoisotopic (exact) mass is 377 g/mol. The summed E-state index contributed by atoms with van der Waals surface area (Å²) >= 11 is 3.32. The Balaban J connectivity index is 3.05. The van der Waals surface area contributed by atoms with Crippen LogP contribution < -0.4 is 4.72 Å². The summed E-state index contributed by atoms with van der Waals surface area (Å²) in [7, 11) is -2.53. The van der Waals surface area contributed by atoms with Crippen LogP contribution in [0, 0.1) is 12.8 Å². The molecule has 118 valence electrons. The van der Waals surface area contributed by atoms with Gasteiger partial charge in [-0.2, -0.15) is 4.72 Å². The van der Waals surface area contributed by atoms with Gasteiger partial charge in [0, 0.05) is 4.47 Å². The van der Waals surface area contributed by atoms with E-state index in [1.165, 1.54) is 13.2 Å². The number of hydrogen-bond donors (Lipinski definition) is 1. The van der Waals surface area contributed by atoms with Crippen molar-refractivity contribution >= 4 is 31.9 Å². The molecule has 0 bridgehead atoms. The van der Waals surface area contributed by atoms with E-state index in [2.05, 4.69) is 25.4 Å². The van der Waals surface area contributed by atoms with Gasteiger partial charge in [-0.15, -0.1) is 0 Å². The topological polar surface area (TPSA) is 72.5 Å². The van der Waals surface area contributed by atoms with E-state index in [9.17, 15) is 13.2 Å². The fourth-order valence-corrected chi connectivity index (χ4v) is 3.37. The number of carbonyl (C=O) groups is 1. The average molecular weight is 378 g/mol. The number of hydrogen-bond acceptors (Lipinski definition) is 4. The first kappa shape index (κ1) is 18.1. The van der Waals surface area contributed by atoms with Crippen LogP contribution in [0.1, 0.15) is 25.8 Å². The van der Waals surface area contributed by atoms with E-state index >= 15 is 0 Å². The van der Waals surface area contributed by atoms with Crippen LogP contribution in [-0.4, -0.2) is 27.5 Å². The Kier molecular flexibility index (Phi) is 6.37. The third-order valence-electron chi connectivity index (χ3n) is 2.93. The zero-order valence-corrected chi connectivity index (χ0v) is 14.9. The lowest BCUT2D eigenvalue weighted by Crippen LogP contribution is -2.42. The molecule has 0 radical (unpaired) electrons. The molecule has 0 aliphatic rings. The van der Waals surface area contributed by atoms with Crippen molar-refractivity contribution in [1.82, 2.24) is 4.72 Å². The lowest BCUT2D eigenvalue weighted by atomic mass is 10.1.